The summed E-state index contributed by atoms with van der Waals surface area (Å²) in [4.78, 5) is 30.7. The van der Waals surface area contributed by atoms with Crippen LogP contribution in [0.2, 0.25) is 0 Å². The van der Waals surface area contributed by atoms with Crippen LogP contribution < -0.4 is 9.30 Å². The Morgan fingerprint density at radius 3 is 2.56 bits per heavy atom. The molecule has 1 fully saturated rings. The Hall–Kier alpha value is -4.13. The van der Waals surface area contributed by atoms with Crippen LogP contribution in [0.5, 0.6) is 5.75 Å². The first kappa shape index (κ1) is 23.0. The largest absolute Gasteiger partial charge is 0.507 e. The number of hydrogen-bond donors (Lipinski definition) is 2. The number of aryl methyl sites for hydroxylation is 2. The van der Waals surface area contributed by atoms with Gasteiger partial charge in [0.15, 0.2) is 0 Å². The van der Waals surface area contributed by atoms with Crippen molar-refractivity contribution in [3.8, 4) is 5.75 Å². The van der Waals surface area contributed by atoms with E-state index >= 15 is 0 Å². The molecule has 7 heteroatoms. The molecule has 0 radical (unpaired) electrons. The smallest absolute Gasteiger partial charge is 0.295 e. The third-order valence-corrected chi connectivity index (χ3v) is 5.85. The van der Waals surface area contributed by atoms with Gasteiger partial charge in [-0.25, -0.2) is 4.57 Å². The van der Waals surface area contributed by atoms with E-state index in [2.05, 4.69) is 11.6 Å². The molecule has 1 unspecified atom stereocenters. The molecule has 0 spiro atoms. The molecule has 2 N–H and O–H groups in total. The highest BCUT2D eigenvalue weighted by Crippen LogP contribution is 2.39. The van der Waals surface area contributed by atoms with Crippen molar-refractivity contribution in [2.75, 3.05) is 13.2 Å². The predicted molar refractivity (Wildman–Crippen MR) is 128 cm³/mol. The average Bonchev–Trinajstić information content (AvgIpc) is 3.45. The molecule has 1 amide bonds. The number of ketones is 1. The summed E-state index contributed by atoms with van der Waals surface area (Å²) in [7, 11) is 0. The van der Waals surface area contributed by atoms with Crippen molar-refractivity contribution in [1.82, 2.24) is 9.88 Å². The van der Waals surface area contributed by atoms with Crippen LogP contribution in [0.1, 0.15) is 29.2 Å². The summed E-state index contributed by atoms with van der Waals surface area (Å²) in [6.45, 7) is 7.03. The van der Waals surface area contributed by atoms with E-state index in [1.165, 1.54) is 0 Å². The number of nitrogens with zero attached hydrogens (tertiary/aromatic N) is 2. The van der Waals surface area contributed by atoms with Gasteiger partial charge in [0.05, 0.1) is 18.2 Å². The van der Waals surface area contributed by atoms with Crippen LogP contribution in [0.15, 0.2) is 85.5 Å². The van der Waals surface area contributed by atoms with Gasteiger partial charge in [-0.1, -0.05) is 54.6 Å². The second-order valence-corrected chi connectivity index (χ2v) is 8.23. The molecule has 0 aliphatic carbocycles. The number of ether oxygens (including phenoxy) is 1. The molecule has 0 bridgehead atoms. The van der Waals surface area contributed by atoms with E-state index in [1.807, 2.05) is 54.5 Å². The van der Waals surface area contributed by atoms with Crippen LogP contribution in [0.4, 0.5) is 0 Å². The lowest BCUT2D eigenvalue weighted by Gasteiger charge is -2.25. The Balaban J connectivity index is 1.70. The number of carbonyl (C=O) groups is 2. The number of H-pyrrole nitrogens is 1. The fraction of sp³-hybridized carbons (Fsp3) is 0.222. The minimum Gasteiger partial charge on any atom is -0.507 e. The van der Waals surface area contributed by atoms with Crippen LogP contribution >= 0.6 is 0 Å². The molecule has 34 heavy (non-hydrogen) atoms. The molecular weight excluding hydrogens is 430 g/mol. The molecule has 2 heterocycles. The summed E-state index contributed by atoms with van der Waals surface area (Å²) < 4.78 is 7.55. The first-order valence-corrected chi connectivity index (χ1v) is 11.2. The lowest BCUT2D eigenvalue weighted by atomic mass is 9.95. The fourth-order valence-corrected chi connectivity index (χ4v) is 4.11. The average molecular weight is 459 g/mol. The van der Waals surface area contributed by atoms with Crippen molar-refractivity contribution in [3.63, 3.8) is 0 Å². The Morgan fingerprint density at radius 2 is 1.91 bits per heavy atom. The molecule has 1 aromatic heterocycles. The van der Waals surface area contributed by atoms with Crippen molar-refractivity contribution in [2.45, 2.75) is 25.9 Å². The molecule has 1 aliphatic rings. The second-order valence-electron chi connectivity index (χ2n) is 8.23. The van der Waals surface area contributed by atoms with Crippen molar-refractivity contribution in [2.24, 2.45) is 0 Å². The highest BCUT2D eigenvalue weighted by atomic mass is 16.5. The van der Waals surface area contributed by atoms with Crippen molar-refractivity contribution < 1.29 is 24.0 Å². The molecule has 2 aromatic carbocycles. The van der Waals surface area contributed by atoms with E-state index in [-0.39, 0.29) is 11.3 Å². The number of rotatable bonds is 9. The van der Waals surface area contributed by atoms with E-state index in [0.717, 1.165) is 11.1 Å². The molecule has 3 aromatic rings. The van der Waals surface area contributed by atoms with Crippen LogP contribution in [-0.2, 0) is 16.1 Å². The molecule has 1 aliphatic heterocycles. The Bertz CT molecular complexity index is 1200. The van der Waals surface area contributed by atoms with Crippen LogP contribution in [-0.4, -0.2) is 39.8 Å². The SMILES string of the molecule is C=CCOc1ccc(C2/C(=C(\O)c3ccc(C)cc3)C(=O)C(=O)N2CCC[n+]2cc[nH]c2)cc1. The quantitative estimate of drug-likeness (QED) is 0.168. The third kappa shape index (κ3) is 4.78. The maximum atomic E-state index is 13.1. The summed E-state index contributed by atoms with van der Waals surface area (Å²) in [6, 6.07) is 13.8. The number of hydrogen-bond acceptors (Lipinski definition) is 4. The number of benzene rings is 2. The number of carbonyl (C=O) groups excluding carboxylic acids is 2. The van der Waals surface area contributed by atoms with E-state index < -0.39 is 17.7 Å². The molecule has 4 rings (SSSR count). The van der Waals surface area contributed by atoms with E-state index in [4.69, 9.17) is 4.74 Å². The van der Waals surface area contributed by atoms with Crippen molar-refractivity contribution in [1.29, 1.82) is 0 Å². The summed E-state index contributed by atoms with van der Waals surface area (Å²) in [5, 5.41) is 11.1. The van der Waals surface area contributed by atoms with Crippen molar-refractivity contribution >= 4 is 17.4 Å². The summed E-state index contributed by atoms with van der Waals surface area (Å²) in [6.07, 6.45) is 7.88. The lowest BCUT2D eigenvalue weighted by Crippen LogP contribution is -2.36. The standard InChI is InChI=1S/C27H27N3O4/c1-3-17-34-22-11-9-20(10-12-22)24-23(25(31)21-7-5-19(2)6-8-21)26(32)27(33)30(24)15-4-14-29-16-13-28-18-29/h3,5-13,16,18,24H,1,4,14-15,17H2,2H3,(H,31,32)/p+1. The Kier molecular flexibility index (Phi) is 6.92. The second kappa shape index (κ2) is 10.2. The third-order valence-electron chi connectivity index (χ3n) is 5.85. The Labute approximate surface area is 198 Å². The first-order valence-electron chi connectivity index (χ1n) is 11.2. The number of amides is 1. The zero-order valence-corrected chi connectivity index (χ0v) is 19.1. The Morgan fingerprint density at radius 1 is 1.18 bits per heavy atom. The molecular formula is C27H28N3O4+. The molecule has 7 nitrogen and oxygen atoms in total. The maximum Gasteiger partial charge on any atom is 0.295 e. The first-order chi connectivity index (χ1) is 16.5. The molecule has 174 valence electrons. The van der Waals surface area contributed by atoms with Gasteiger partial charge < -0.3 is 14.7 Å². The van der Waals surface area contributed by atoms with Crippen molar-refractivity contribution in [3.05, 3.63) is 102 Å². The van der Waals surface area contributed by atoms with Gasteiger partial charge in [0, 0.05) is 18.5 Å². The van der Waals surface area contributed by atoms with E-state index in [0.29, 0.717) is 37.4 Å². The fourth-order valence-electron chi connectivity index (χ4n) is 4.11. The topological polar surface area (TPSA) is 86.5 Å². The van der Waals surface area contributed by atoms with Gasteiger partial charge in [-0.15, -0.1) is 0 Å². The predicted octanol–water partition coefficient (Wildman–Crippen LogP) is 3.69. The van der Waals surface area contributed by atoms with Gasteiger partial charge in [-0.2, -0.15) is 0 Å². The van der Waals surface area contributed by atoms with Crippen LogP contribution in [0.3, 0.4) is 0 Å². The minimum absolute atomic E-state index is 0.0999. The van der Waals surface area contributed by atoms with Gasteiger partial charge in [0.1, 0.15) is 30.5 Å². The summed E-state index contributed by atoms with van der Waals surface area (Å²) in [5.74, 6) is -0.796. The van der Waals surface area contributed by atoms with Gasteiger partial charge >= 0.3 is 0 Å². The van der Waals surface area contributed by atoms with Gasteiger partial charge in [0.2, 0.25) is 6.33 Å². The molecule has 1 saturated heterocycles. The summed E-state index contributed by atoms with van der Waals surface area (Å²) in [5.41, 5.74) is 2.37. The number of aliphatic hydroxyl groups is 1. The lowest BCUT2D eigenvalue weighted by molar-refractivity contribution is -0.695. The number of likely N-dealkylation sites (tertiary alicyclic amines) is 1. The molecule has 0 saturated carbocycles. The number of aromatic nitrogens is 2. The minimum atomic E-state index is -0.689. The zero-order valence-electron chi connectivity index (χ0n) is 19.1. The zero-order chi connectivity index (χ0) is 24.1. The highest BCUT2D eigenvalue weighted by molar-refractivity contribution is 6.46. The van der Waals surface area contributed by atoms with Gasteiger partial charge in [-0.05, 0) is 24.6 Å². The van der Waals surface area contributed by atoms with Gasteiger partial charge in [0.25, 0.3) is 11.7 Å². The maximum absolute atomic E-state index is 13.1. The molecule has 1 atom stereocenters. The summed E-state index contributed by atoms with van der Waals surface area (Å²) >= 11 is 0. The normalized spacial score (nSPS) is 17.2. The van der Waals surface area contributed by atoms with Crippen LogP contribution in [0.25, 0.3) is 5.76 Å². The van der Waals surface area contributed by atoms with Crippen LogP contribution in [0, 0.1) is 6.92 Å². The van der Waals surface area contributed by atoms with E-state index in [1.54, 1.807) is 35.2 Å². The van der Waals surface area contributed by atoms with E-state index in [9.17, 15) is 14.7 Å². The monoisotopic (exact) mass is 458 g/mol. The number of aliphatic hydroxyl groups excluding tert-OH is 1. The number of aromatic amines is 1. The number of imidazole rings is 1. The highest BCUT2D eigenvalue weighted by Gasteiger charge is 2.45. The number of Topliss-reactive ketones (excluding diaryl/α,β-unsaturated/α-hetero) is 1. The number of nitrogens with one attached hydrogen (secondary N) is 1. The van der Waals surface area contributed by atoms with Gasteiger partial charge in [-0.3, -0.25) is 14.6 Å².